The van der Waals surface area contributed by atoms with Crippen LogP contribution in [-0.4, -0.2) is 24.9 Å². The number of hydrogen-bond acceptors (Lipinski definition) is 5. The minimum absolute atomic E-state index is 0.116. The molecular weight excluding hydrogens is 322 g/mol. The van der Waals surface area contributed by atoms with Crippen molar-refractivity contribution >= 4 is 11.6 Å². The van der Waals surface area contributed by atoms with Crippen LogP contribution in [0.1, 0.15) is 19.8 Å². The lowest BCUT2D eigenvalue weighted by Gasteiger charge is -2.21. The van der Waals surface area contributed by atoms with Crippen molar-refractivity contribution in [1.82, 2.24) is 0 Å². The number of amides is 1. The minimum atomic E-state index is -0.734. The molecule has 0 aromatic heterocycles. The van der Waals surface area contributed by atoms with E-state index in [0.717, 1.165) is 12.8 Å². The smallest absolute Gasteiger partial charge is 0.256 e. The Hall–Kier alpha value is -2.73. The molecule has 0 spiro atoms. The maximum Gasteiger partial charge on any atom is 0.256 e. The van der Waals surface area contributed by atoms with E-state index < -0.39 is 5.60 Å². The summed E-state index contributed by atoms with van der Waals surface area (Å²) in [5.41, 5.74) is -0.0264. The fourth-order valence-electron chi connectivity index (χ4n) is 2.90. The van der Waals surface area contributed by atoms with Gasteiger partial charge in [0.2, 0.25) is 6.79 Å². The molecule has 6 heteroatoms. The van der Waals surface area contributed by atoms with E-state index in [1.807, 2.05) is 19.1 Å². The Morgan fingerprint density at radius 2 is 1.84 bits per heavy atom. The first kappa shape index (κ1) is 15.8. The molecule has 0 saturated carbocycles. The number of fused-ring (bicyclic) bond motifs is 1. The normalized spacial score (nSPS) is 21.2. The number of carbonyl (C=O) groups excluding carboxylic acids is 1. The molecule has 1 N–H and O–H groups in total. The molecule has 1 atom stereocenters. The zero-order valence-electron chi connectivity index (χ0n) is 13.9. The maximum absolute atomic E-state index is 12.3. The molecule has 4 rings (SSSR count). The van der Waals surface area contributed by atoms with Crippen LogP contribution in [-0.2, 0) is 9.53 Å². The molecule has 1 amide bonds. The number of nitrogens with one attached hydrogen (secondary N) is 1. The van der Waals surface area contributed by atoms with Gasteiger partial charge < -0.3 is 24.3 Å². The quantitative estimate of drug-likeness (QED) is 0.918. The van der Waals surface area contributed by atoms with Crippen LogP contribution in [0.4, 0.5) is 5.69 Å². The van der Waals surface area contributed by atoms with Gasteiger partial charge in [0.25, 0.3) is 5.91 Å². The van der Waals surface area contributed by atoms with Gasteiger partial charge in [0, 0.05) is 18.4 Å². The number of anilines is 1. The Balaban J connectivity index is 1.41. The first-order valence-corrected chi connectivity index (χ1v) is 8.25. The highest BCUT2D eigenvalue weighted by atomic mass is 16.7. The Kier molecular flexibility index (Phi) is 3.97. The number of hydrogen-bond donors (Lipinski definition) is 1. The first-order chi connectivity index (χ1) is 12.1. The van der Waals surface area contributed by atoms with Crippen molar-refractivity contribution in [3.8, 4) is 23.0 Å². The molecule has 1 saturated heterocycles. The predicted octanol–water partition coefficient (Wildman–Crippen LogP) is 3.72. The molecule has 0 bridgehead atoms. The zero-order valence-corrected chi connectivity index (χ0v) is 13.9. The summed E-state index contributed by atoms with van der Waals surface area (Å²) >= 11 is 0. The van der Waals surface area contributed by atoms with Crippen LogP contribution in [0.15, 0.2) is 42.5 Å². The van der Waals surface area contributed by atoms with Crippen LogP contribution in [0.3, 0.4) is 0 Å². The van der Waals surface area contributed by atoms with Crippen LogP contribution in [0.2, 0.25) is 0 Å². The van der Waals surface area contributed by atoms with E-state index in [4.69, 9.17) is 18.9 Å². The Bertz CT molecular complexity index is 781. The van der Waals surface area contributed by atoms with Gasteiger partial charge in [-0.15, -0.1) is 0 Å². The SMILES string of the molecule is CC1(C(=O)Nc2ccc(Oc3ccc4c(c3)OCO4)cc2)CCCO1. The summed E-state index contributed by atoms with van der Waals surface area (Å²) in [7, 11) is 0. The van der Waals surface area contributed by atoms with Crippen LogP contribution in [0.25, 0.3) is 0 Å². The van der Waals surface area contributed by atoms with E-state index in [1.54, 1.807) is 30.3 Å². The summed E-state index contributed by atoms with van der Waals surface area (Å²) in [5, 5.41) is 2.89. The van der Waals surface area contributed by atoms with Gasteiger partial charge in [-0.2, -0.15) is 0 Å². The average Bonchev–Trinajstić information content (AvgIpc) is 3.26. The van der Waals surface area contributed by atoms with E-state index in [9.17, 15) is 4.79 Å². The van der Waals surface area contributed by atoms with Gasteiger partial charge >= 0.3 is 0 Å². The largest absolute Gasteiger partial charge is 0.457 e. The van der Waals surface area contributed by atoms with Gasteiger partial charge in [-0.3, -0.25) is 4.79 Å². The molecule has 6 nitrogen and oxygen atoms in total. The topological polar surface area (TPSA) is 66.0 Å². The second-order valence-electron chi connectivity index (χ2n) is 6.28. The van der Waals surface area contributed by atoms with Crippen molar-refractivity contribution < 1.29 is 23.7 Å². The van der Waals surface area contributed by atoms with E-state index in [2.05, 4.69) is 5.32 Å². The summed E-state index contributed by atoms with van der Waals surface area (Å²) in [5.74, 6) is 2.60. The molecule has 2 heterocycles. The molecule has 0 aliphatic carbocycles. The van der Waals surface area contributed by atoms with Gasteiger partial charge in [-0.25, -0.2) is 0 Å². The van der Waals surface area contributed by atoms with Crippen molar-refractivity contribution in [3.05, 3.63) is 42.5 Å². The molecular formula is C19H19NO5. The third-order valence-electron chi connectivity index (χ3n) is 4.39. The monoisotopic (exact) mass is 341 g/mol. The highest BCUT2D eigenvalue weighted by Gasteiger charge is 2.37. The molecule has 25 heavy (non-hydrogen) atoms. The fraction of sp³-hybridized carbons (Fsp3) is 0.316. The van der Waals surface area contributed by atoms with Gasteiger partial charge in [0.05, 0.1) is 0 Å². The number of carbonyl (C=O) groups is 1. The summed E-state index contributed by atoms with van der Waals surface area (Å²) in [6.45, 7) is 2.69. The lowest BCUT2D eigenvalue weighted by molar-refractivity contribution is -0.133. The van der Waals surface area contributed by atoms with Crippen LogP contribution in [0.5, 0.6) is 23.0 Å². The van der Waals surface area contributed by atoms with Crippen LogP contribution < -0.4 is 19.5 Å². The number of benzene rings is 2. The molecule has 2 aromatic rings. The van der Waals surface area contributed by atoms with Gasteiger partial charge in [0.15, 0.2) is 11.5 Å². The first-order valence-electron chi connectivity index (χ1n) is 8.25. The lowest BCUT2D eigenvalue weighted by Crippen LogP contribution is -2.39. The highest BCUT2D eigenvalue weighted by molar-refractivity contribution is 5.97. The predicted molar refractivity (Wildman–Crippen MR) is 91.3 cm³/mol. The van der Waals surface area contributed by atoms with Crippen LogP contribution >= 0.6 is 0 Å². The standard InChI is InChI=1S/C19H19NO5/c1-19(9-2-10-24-19)18(21)20-13-3-5-14(6-4-13)25-15-7-8-16-17(11-15)23-12-22-16/h3-8,11H,2,9-10,12H2,1H3,(H,20,21). The van der Waals surface area contributed by atoms with Crippen molar-refractivity contribution in [2.45, 2.75) is 25.4 Å². The highest BCUT2D eigenvalue weighted by Crippen LogP contribution is 2.36. The third-order valence-corrected chi connectivity index (χ3v) is 4.39. The van der Waals surface area contributed by atoms with E-state index in [1.165, 1.54) is 0 Å². The fourth-order valence-corrected chi connectivity index (χ4v) is 2.90. The summed E-state index contributed by atoms with van der Waals surface area (Å²) in [6, 6.07) is 12.6. The van der Waals surface area contributed by atoms with Crippen molar-refractivity contribution in [3.63, 3.8) is 0 Å². The molecule has 2 aliphatic rings. The third kappa shape index (κ3) is 3.25. The zero-order chi connectivity index (χ0) is 17.3. The van der Waals surface area contributed by atoms with Crippen LogP contribution in [0, 0.1) is 0 Å². The second kappa shape index (κ2) is 6.29. The molecule has 130 valence electrons. The Morgan fingerprint density at radius 3 is 2.60 bits per heavy atom. The molecule has 1 fully saturated rings. The van der Waals surface area contributed by atoms with Crippen molar-refractivity contribution in [2.24, 2.45) is 0 Å². The van der Waals surface area contributed by atoms with Crippen molar-refractivity contribution in [1.29, 1.82) is 0 Å². The minimum Gasteiger partial charge on any atom is -0.457 e. The van der Waals surface area contributed by atoms with E-state index in [-0.39, 0.29) is 12.7 Å². The summed E-state index contributed by atoms with van der Waals surface area (Å²) in [4.78, 5) is 12.3. The van der Waals surface area contributed by atoms with E-state index in [0.29, 0.717) is 35.3 Å². The summed E-state index contributed by atoms with van der Waals surface area (Å²) in [6.07, 6.45) is 1.65. The number of ether oxygens (including phenoxy) is 4. The summed E-state index contributed by atoms with van der Waals surface area (Å²) < 4.78 is 22.0. The van der Waals surface area contributed by atoms with Gasteiger partial charge in [0.1, 0.15) is 17.1 Å². The van der Waals surface area contributed by atoms with Crippen molar-refractivity contribution in [2.75, 3.05) is 18.7 Å². The van der Waals surface area contributed by atoms with E-state index >= 15 is 0 Å². The Labute approximate surface area is 145 Å². The Morgan fingerprint density at radius 1 is 1.08 bits per heavy atom. The maximum atomic E-state index is 12.3. The molecule has 2 aliphatic heterocycles. The van der Waals surface area contributed by atoms with Gasteiger partial charge in [-0.1, -0.05) is 0 Å². The number of rotatable bonds is 4. The average molecular weight is 341 g/mol. The molecule has 1 unspecified atom stereocenters. The second-order valence-corrected chi connectivity index (χ2v) is 6.28. The van der Waals surface area contributed by atoms with Gasteiger partial charge in [-0.05, 0) is 56.2 Å². The molecule has 2 aromatic carbocycles. The molecule has 0 radical (unpaired) electrons. The lowest BCUT2D eigenvalue weighted by atomic mass is 10.0.